The van der Waals surface area contributed by atoms with Crippen molar-refractivity contribution < 1.29 is 18.0 Å². The Morgan fingerprint density at radius 1 is 1.36 bits per heavy atom. The molecule has 2 unspecified atom stereocenters. The lowest BCUT2D eigenvalue weighted by molar-refractivity contribution is -0.139. The van der Waals surface area contributed by atoms with E-state index in [0.29, 0.717) is 19.4 Å². The van der Waals surface area contributed by atoms with Gasteiger partial charge in [0.2, 0.25) is 21.8 Å². The van der Waals surface area contributed by atoms with Crippen molar-refractivity contribution in [1.82, 2.24) is 10.2 Å². The maximum absolute atomic E-state index is 12.3. The third kappa shape index (κ3) is 5.57. The molecule has 0 aliphatic carbocycles. The minimum absolute atomic E-state index is 0.0374. The highest BCUT2D eigenvalue weighted by Crippen LogP contribution is 2.24. The molecule has 0 saturated carbocycles. The number of primary sulfonamides is 1. The molecule has 1 heterocycles. The van der Waals surface area contributed by atoms with Gasteiger partial charge < -0.3 is 10.2 Å². The molecular formula is C14H27N3O4S. The molecule has 2 atom stereocenters. The minimum atomic E-state index is -3.67. The Morgan fingerprint density at radius 3 is 2.45 bits per heavy atom. The number of likely N-dealkylation sites (tertiary alicyclic amines) is 1. The number of nitrogens with one attached hydrogen (secondary N) is 1. The molecule has 2 amide bonds. The quantitative estimate of drug-likeness (QED) is 0.749. The average molecular weight is 333 g/mol. The summed E-state index contributed by atoms with van der Waals surface area (Å²) < 4.78 is 22.3. The largest absolute Gasteiger partial charge is 0.353 e. The Kier molecular flexibility index (Phi) is 5.97. The summed E-state index contributed by atoms with van der Waals surface area (Å²) in [6.45, 7) is 7.89. The molecule has 1 aliphatic rings. The number of hydrogen-bond donors (Lipinski definition) is 2. The number of sulfonamides is 1. The van der Waals surface area contributed by atoms with Gasteiger partial charge >= 0.3 is 0 Å². The van der Waals surface area contributed by atoms with E-state index >= 15 is 0 Å². The topological polar surface area (TPSA) is 110 Å². The summed E-state index contributed by atoms with van der Waals surface area (Å²) in [5.74, 6) is -0.347. The fraction of sp³-hybridized carbons (Fsp3) is 0.857. The highest BCUT2D eigenvalue weighted by molar-refractivity contribution is 7.89. The molecular weight excluding hydrogens is 306 g/mol. The van der Waals surface area contributed by atoms with Gasteiger partial charge in [0, 0.05) is 19.5 Å². The second-order valence-electron chi connectivity index (χ2n) is 7.13. The Morgan fingerprint density at radius 2 is 1.95 bits per heavy atom. The fourth-order valence-corrected chi connectivity index (χ4v) is 2.69. The van der Waals surface area contributed by atoms with Crippen molar-refractivity contribution >= 4 is 21.8 Å². The summed E-state index contributed by atoms with van der Waals surface area (Å²) in [5, 5.41) is 6.76. The zero-order chi connectivity index (χ0) is 17.1. The SMILES string of the molecule is CC(CNC(=O)C1CCCN1C(=O)CC(C)(C)C)S(N)(=O)=O. The second kappa shape index (κ2) is 6.95. The summed E-state index contributed by atoms with van der Waals surface area (Å²) >= 11 is 0. The predicted molar refractivity (Wildman–Crippen MR) is 84.4 cm³/mol. The van der Waals surface area contributed by atoms with Crippen LogP contribution in [0.5, 0.6) is 0 Å². The zero-order valence-electron chi connectivity index (χ0n) is 13.8. The van der Waals surface area contributed by atoms with Crippen LogP contribution in [0.4, 0.5) is 0 Å². The Bertz CT molecular complexity index is 525. The standard InChI is InChI=1S/C14H27N3O4S/c1-10(22(15,20)21)9-16-13(19)11-6-5-7-17(11)12(18)8-14(2,3)4/h10-11H,5-9H2,1-4H3,(H,16,19)(H2,15,20,21). The van der Waals surface area contributed by atoms with Crippen LogP contribution >= 0.6 is 0 Å². The second-order valence-corrected chi connectivity index (χ2v) is 9.11. The highest BCUT2D eigenvalue weighted by atomic mass is 32.2. The summed E-state index contributed by atoms with van der Waals surface area (Å²) in [4.78, 5) is 26.1. The molecule has 8 heteroatoms. The van der Waals surface area contributed by atoms with Crippen LogP contribution in [0.25, 0.3) is 0 Å². The fourth-order valence-electron chi connectivity index (χ4n) is 2.37. The maximum atomic E-state index is 12.3. The number of rotatable bonds is 5. The van der Waals surface area contributed by atoms with E-state index in [4.69, 9.17) is 5.14 Å². The monoisotopic (exact) mass is 333 g/mol. The molecule has 0 aromatic heterocycles. The van der Waals surface area contributed by atoms with Gasteiger partial charge in [-0.05, 0) is 25.2 Å². The first kappa shape index (κ1) is 18.9. The minimum Gasteiger partial charge on any atom is -0.353 e. The van der Waals surface area contributed by atoms with Crippen LogP contribution in [0.3, 0.4) is 0 Å². The molecule has 1 aliphatic heterocycles. The molecule has 1 rings (SSSR count). The first-order valence-electron chi connectivity index (χ1n) is 7.50. The number of carbonyl (C=O) groups is 2. The van der Waals surface area contributed by atoms with Crippen molar-refractivity contribution in [3.63, 3.8) is 0 Å². The smallest absolute Gasteiger partial charge is 0.242 e. The Hall–Kier alpha value is -1.15. The Balaban J connectivity index is 2.62. The van der Waals surface area contributed by atoms with Gasteiger partial charge in [0.05, 0.1) is 5.25 Å². The van der Waals surface area contributed by atoms with Crippen molar-refractivity contribution in [2.45, 2.75) is 58.2 Å². The third-order valence-corrected chi connectivity index (χ3v) is 4.97. The lowest BCUT2D eigenvalue weighted by Crippen LogP contribution is -2.48. The van der Waals surface area contributed by atoms with Crippen LogP contribution in [0.2, 0.25) is 0 Å². The zero-order valence-corrected chi connectivity index (χ0v) is 14.6. The van der Waals surface area contributed by atoms with E-state index in [1.807, 2.05) is 20.8 Å². The lowest BCUT2D eigenvalue weighted by atomic mass is 9.91. The van der Waals surface area contributed by atoms with Crippen molar-refractivity contribution in [3.8, 4) is 0 Å². The normalized spacial score (nSPS) is 20.8. The average Bonchev–Trinajstić information content (AvgIpc) is 2.81. The van der Waals surface area contributed by atoms with Gasteiger partial charge in [-0.25, -0.2) is 13.6 Å². The number of nitrogens with zero attached hydrogens (tertiary/aromatic N) is 1. The van der Waals surface area contributed by atoms with Crippen LogP contribution in [0.15, 0.2) is 0 Å². The number of nitrogens with two attached hydrogens (primary N) is 1. The van der Waals surface area contributed by atoms with Crippen LogP contribution in [-0.2, 0) is 19.6 Å². The van der Waals surface area contributed by atoms with Gasteiger partial charge in [-0.3, -0.25) is 9.59 Å². The van der Waals surface area contributed by atoms with Gasteiger partial charge in [-0.15, -0.1) is 0 Å². The van der Waals surface area contributed by atoms with Crippen molar-refractivity contribution in [2.24, 2.45) is 10.6 Å². The van der Waals surface area contributed by atoms with E-state index in [0.717, 1.165) is 6.42 Å². The van der Waals surface area contributed by atoms with E-state index in [2.05, 4.69) is 5.32 Å². The van der Waals surface area contributed by atoms with E-state index in [9.17, 15) is 18.0 Å². The molecule has 0 aromatic carbocycles. The van der Waals surface area contributed by atoms with E-state index in [1.165, 1.54) is 6.92 Å². The number of carbonyl (C=O) groups excluding carboxylic acids is 2. The summed E-state index contributed by atoms with van der Waals surface area (Å²) in [6.07, 6.45) is 1.76. The van der Waals surface area contributed by atoms with Crippen molar-refractivity contribution in [1.29, 1.82) is 0 Å². The maximum Gasteiger partial charge on any atom is 0.242 e. The summed E-state index contributed by atoms with van der Waals surface area (Å²) in [6, 6.07) is -0.512. The number of hydrogen-bond acceptors (Lipinski definition) is 4. The van der Waals surface area contributed by atoms with Crippen LogP contribution < -0.4 is 10.5 Å². The van der Waals surface area contributed by atoms with Gasteiger partial charge in [-0.1, -0.05) is 20.8 Å². The molecule has 0 spiro atoms. The highest BCUT2D eigenvalue weighted by Gasteiger charge is 2.35. The predicted octanol–water partition coefficient (Wildman–Crippen LogP) is 0.207. The first-order valence-corrected chi connectivity index (χ1v) is 9.11. The van der Waals surface area contributed by atoms with E-state index in [-0.39, 0.29) is 23.8 Å². The molecule has 0 radical (unpaired) electrons. The molecule has 0 aromatic rings. The molecule has 1 saturated heterocycles. The summed E-state index contributed by atoms with van der Waals surface area (Å²) in [7, 11) is -3.67. The van der Waals surface area contributed by atoms with Crippen LogP contribution in [0, 0.1) is 5.41 Å². The molecule has 0 bridgehead atoms. The molecule has 128 valence electrons. The summed E-state index contributed by atoms with van der Waals surface area (Å²) in [5.41, 5.74) is -0.136. The van der Waals surface area contributed by atoms with Crippen LogP contribution in [0.1, 0.15) is 47.0 Å². The number of amides is 2. The van der Waals surface area contributed by atoms with Crippen molar-refractivity contribution in [2.75, 3.05) is 13.1 Å². The first-order chi connectivity index (χ1) is 9.92. The van der Waals surface area contributed by atoms with Crippen molar-refractivity contribution in [3.05, 3.63) is 0 Å². The van der Waals surface area contributed by atoms with E-state index in [1.54, 1.807) is 4.90 Å². The molecule has 7 nitrogen and oxygen atoms in total. The molecule has 3 N–H and O–H groups in total. The van der Waals surface area contributed by atoms with Gasteiger partial charge in [-0.2, -0.15) is 0 Å². The van der Waals surface area contributed by atoms with Gasteiger partial charge in [0.25, 0.3) is 0 Å². The van der Waals surface area contributed by atoms with E-state index < -0.39 is 21.3 Å². The third-order valence-electron chi connectivity index (χ3n) is 3.68. The van der Waals surface area contributed by atoms with Gasteiger partial charge in [0.15, 0.2) is 0 Å². The molecule has 22 heavy (non-hydrogen) atoms. The molecule has 1 fully saturated rings. The van der Waals surface area contributed by atoms with Crippen LogP contribution in [-0.4, -0.2) is 49.5 Å². The lowest BCUT2D eigenvalue weighted by Gasteiger charge is -2.27. The Labute approximate surface area is 132 Å². The van der Waals surface area contributed by atoms with Gasteiger partial charge in [0.1, 0.15) is 6.04 Å².